The van der Waals surface area contributed by atoms with E-state index in [1.54, 1.807) is 19.2 Å². The second-order valence-corrected chi connectivity index (χ2v) is 6.06. The quantitative estimate of drug-likeness (QED) is 0.482. The van der Waals surface area contributed by atoms with Crippen molar-refractivity contribution in [2.24, 2.45) is 0 Å². The van der Waals surface area contributed by atoms with Crippen LogP contribution >= 0.6 is 0 Å². The molecule has 26 heavy (non-hydrogen) atoms. The molecule has 0 amide bonds. The highest BCUT2D eigenvalue weighted by molar-refractivity contribution is 6.00. The van der Waals surface area contributed by atoms with E-state index in [0.717, 1.165) is 34.1 Å². The Morgan fingerprint density at radius 3 is 2.54 bits per heavy atom. The molecule has 0 N–H and O–H groups in total. The molecule has 0 radical (unpaired) electrons. The molecule has 1 heterocycles. The molecule has 0 fully saturated rings. The molecule has 0 aliphatic carbocycles. The van der Waals surface area contributed by atoms with Crippen molar-refractivity contribution in [3.8, 4) is 5.75 Å². The molecule has 0 aliphatic rings. The summed E-state index contributed by atoms with van der Waals surface area (Å²) in [5.41, 5.74) is 2.04. The van der Waals surface area contributed by atoms with Gasteiger partial charge in [-0.15, -0.1) is 0 Å². The van der Waals surface area contributed by atoms with Crippen LogP contribution < -0.4 is 15.3 Å². The lowest BCUT2D eigenvalue weighted by atomic mass is 10.1. The average Bonchev–Trinajstić information content (AvgIpc) is 2.68. The minimum atomic E-state index is -0.376. The number of methoxy groups -OCH3 is 1. The van der Waals surface area contributed by atoms with Crippen LogP contribution in [0.2, 0.25) is 0 Å². The van der Waals surface area contributed by atoms with E-state index in [-0.39, 0.29) is 5.63 Å². The van der Waals surface area contributed by atoms with Gasteiger partial charge >= 0.3 is 5.63 Å². The molecule has 4 heteroatoms. The Balaban J connectivity index is 1.98. The molecule has 4 aromatic rings. The fourth-order valence-corrected chi connectivity index (χ4v) is 3.39. The third-order valence-corrected chi connectivity index (χ3v) is 4.59. The third kappa shape index (κ3) is 2.69. The van der Waals surface area contributed by atoms with Crippen LogP contribution in [0, 0.1) is 0 Å². The Morgan fingerprint density at radius 1 is 0.923 bits per heavy atom. The zero-order chi connectivity index (χ0) is 18.1. The van der Waals surface area contributed by atoms with Crippen molar-refractivity contribution in [2.75, 3.05) is 18.6 Å². The summed E-state index contributed by atoms with van der Waals surface area (Å²) in [6.07, 6.45) is 0. The molecule has 4 nitrogen and oxygen atoms in total. The van der Waals surface area contributed by atoms with Gasteiger partial charge in [0.05, 0.1) is 12.8 Å². The molecule has 0 bridgehead atoms. The topological polar surface area (TPSA) is 42.7 Å². The number of fused-ring (bicyclic) bond motifs is 2. The smallest absolute Gasteiger partial charge is 0.338 e. The van der Waals surface area contributed by atoms with Gasteiger partial charge in [-0.25, -0.2) is 4.79 Å². The van der Waals surface area contributed by atoms with E-state index in [4.69, 9.17) is 9.15 Å². The zero-order valence-electron chi connectivity index (χ0n) is 14.7. The Hall–Kier alpha value is -3.27. The molecule has 1 aromatic heterocycles. The lowest BCUT2D eigenvalue weighted by Gasteiger charge is -2.25. The highest BCUT2D eigenvalue weighted by Crippen LogP contribution is 2.36. The summed E-state index contributed by atoms with van der Waals surface area (Å²) < 4.78 is 10.7. The van der Waals surface area contributed by atoms with Gasteiger partial charge in [-0.3, -0.25) is 0 Å². The number of benzene rings is 3. The molecule has 4 rings (SSSR count). The van der Waals surface area contributed by atoms with Crippen LogP contribution in [0.1, 0.15) is 6.92 Å². The standard InChI is InChI=1S/C22H19NO3/c1-3-23(19-10-6-8-15-7-4-5-9-17(15)19)20-14-22(24)26-21-13-16(25-2)11-12-18(20)21/h4-14H,3H2,1-2H3. The normalized spacial score (nSPS) is 11.0. The fraction of sp³-hybridized carbons (Fsp3) is 0.136. The second-order valence-electron chi connectivity index (χ2n) is 6.06. The first-order chi connectivity index (χ1) is 12.7. The van der Waals surface area contributed by atoms with Crippen LogP contribution in [0.15, 0.2) is 75.9 Å². The van der Waals surface area contributed by atoms with Gasteiger partial charge in [-0.05, 0) is 30.5 Å². The molecular weight excluding hydrogens is 326 g/mol. The van der Waals surface area contributed by atoms with Crippen LogP contribution in [0.4, 0.5) is 11.4 Å². The summed E-state index contributed by atoms with van der Waals surface area (Å²) in [5.74, 6) is 0.658. The van der Waals surface area contributed by atoms with Gasteiger partial charge in [0, 0.05) is 35.1 Å². The van der Waals surface area contributed by atoms with Gasteiger partial charge in [-0.1, -0.05) is 36.4 Å². The Kier molecular flexibility index (Phi) is 4.09. The maximum absolute atomic E-state index is 12.2. The van der Waals surface area contributed by atoms with Gasteiger partial charge < -0.3 is 14.1 Å². The van der Waals surface area contributed by atoms with Gasteiger partial charge in [0.15, 0.2) is 0 Å². The van der Waals surface area contributed by atoms with Crippen molar-refractivity contribution in [1.82, 2.24) is 0 Å². The van der Waals surface area contributed by atoms with Crippen LogP contribution in [0.3, 0.4) is 0 Å². The van der Waals surface area contributed by atoms with Crippen molar-refractivity contribution in [1.29, 1.82) is 0 Å². The first-order valence-electron chi connectivity index (χ1n) is 8.58. The molecular formula is C22H19NO3. The summed E-state index contributed by atoms with van der Waals surface area (Å²) in [4.78, 5) is 14.3. The van der Waals surface area contributed by atoms with Crippen molar-refractivity contribution in [3.63, 3.8) is 0 Å². The largest absolute Gasteiger partial charge is 0.497 e. The molecule has 0 saturated heterocycles. The van der Waals surface area contributed by atoms with E-state index in [0.29, 0.717) is 11.3 Å². The maximum Gasteiger partial charge on any atom is 0.338 e. The van der Waals surface area contributed by atoms with Gasteiger partial charge in [0.1, 0.15) is 11.3 Å². The third-order valence-electron chi connectivity index (χ3n) is 4.59. The second kappa shape index (κ2) is 6.56. The summed E-state index contributed by atoms with van der Waals surface area (Å²) in [5, 5.41) is 3.18. The Morgan fingerprint density at radius 2 is 1.73 bits per heavy atom. The molecule has 0 aliphatic heterocycles. The highest BCUT2D eigenvalue weighted by Gasteiger charge is 2.16. The summed E-state index contributed by atoms with van der Waals surface area (Å²) in [6, 6.07) is 21.6. The molecule has 0 atom stereocenters. The molecule has 0 saturated carbocycles. The molecule has 3 aromatic carbocycles. The average molecular weight is 345 g/mol. The van der Waals surface area contributed by atoms with Crippen LogP contribution in [-0.4, -0.2) is 13.7 Å². The predicted octanol–water partition coefficient (Wildman–Crippen LogP) is 5.11. The van der Waals surface area contributed by atoms with Crippen LogP contribution in [0.25, 0.3) is 21.7 Å². The van der Waals surface area contributed by atoms with E-state index in [2.05, 4.69) is 36.1 Å². The van der Waals surface area contributed by atoms with Crippen molar-refractivity contribution in [2.45, 2.75) is 6.92 Å². The van der Waals surface area contributed by atoms with Gasteiger partial charge in [-0.2, -0.15) is 0 Å². The Labute approximate surface area is 151 Å². The predicted molar refractivity (Wildman–Crippen MR) is 106 cm³/mol. The van der Waals surface area contributed by atoms with Crippen molar-refractivity contribution in [3.05, 3.63) is 77.2 Å². The van der Waals surface area contributed by atoms with Gasteiger partial charge in [0.25, 0.3) is 0 Å². The summed E-state index contributed by atoms with van der Waals surface area (Å²) in [7, 11) is 1.59. The fourth-order valence-electron chi connectivity index (χ4n) is 3.39. The number of nitrogens with zero attached hydrogens (tertiary/aromatic N) is 1. The maximum atomic E-state index is 12.2. The first kappa shape index (κ1) is 16.2. The van der Waals surface area contributed by atoms with E-state index >= 15 is 0 Å². The zero-order valence-corrected chi connectivity index (χ0v) is 14.7. The minimum Gasteiger partial charge on any atom is -0.497 e. The number of rotatable bonds is 4. The van der Waals surface area contributed by atoms with E-state index in [1.165, 1.54) is 0 Å². The number of hydrogen-bond acceptors (Lipinski definition) is 4. The number of anilines is 2. The SMILES string of the molecule is CCN(c1cccc2ccccc12)c1cc(=O)oc2cc(OC)ccc12. The van der Waals surface area contributed by atoms with E-state index < -0.39 is 0 Å². The Bertz CT molecular complexity index is 1140. The first-order valence-corrected chi connectivity index (χ1v) is 8.58. The lowest BCUT2D eigenvalue weighted by Crippen LogP contribution is -2.18. The van der Waals surface area contributed by atoms with E-state index in [1.807, 2.05) is 30.3 Å². The van der Waals surface area contributed by atoms with Crippen molar-refractivity contribution < 1.29 is 9.15 Å². The monoisotopic (exact) mass is 345 g/mol. The van der Waals surface area contributed by atoms with Gasteiger partial charge in [0.2, 0.25) is 0 Å². The van der Waals surface area contributed by atoms with Crippen molar-refractivity contribution >= 4 is 33.1 Å². The molecule has 130 valence electrons. The summed E-state index contributed by atoms with van der Waals surface area (Å²) in [6.45, 7) is 2.80. The minimum absolute atomic E-state index is 0.376. The van der Waals surface area contributed by atoms with Crippen LogP contribution in [0.5, 0.6) is 5.75 Å². The lowest BCUT2D eigenvalue weighted by molar-refractivity contribution is 0.414. The van der Waals surface area contributed by atoms with Crippen LogP contribution in [-0.2, 0) is 0 Å². The number of ether oxygens (including phenoxy) is 1. The summed E-state index contributed by atoms with van der Waals surface area (Å²) >= 11 is 0. The van der Waals surface area contributed by atoms with E-state index in [9.17, 15) is 4.79 Å². The number of hydrogen-bond donors (Lipinski definition) is 0. The highest BCUT2D eigenvalue weighted by atomic mass is 16.5. The molecule has 0 unspecified atom stereocenters. The molecule has 0 spiro atoms.